The second-order valence-electron chi connectivity index (χ2n) is 13.6. The third-order valence-electron chi connectivity index (χ3n) is 10.4. The number of thiophene rings is 1. The lowest BCUT2D eigenvalue weighted by atomic mass is 9.97. The van der Waals surface area contributed by atoms with E-state index in [-0.39, 0.29) is 0 Å². The van der Waals surface area contributed by atoms with Crippen LogP contribution >= 0.6 is 11.3 Å². The summed E-state index contributed by atoms with van der Waals surface area (Å²) in [5.74, 6) is 1.94. The maximum atomic E-state index is 5.00. The molecule has 0 aliphatic heterocycles. The number of benzene rings is 8. The molecule has 8 aromatic carbocycles. The Morgan fingerprint density at radius 2 is 0.944 bits per heavy atom. The first kappa shape index (κ1) is 30.7. The van der Waals surface area contributed by atoms with Gasteiger partial charge in [0.25, 0.3) is 0 Å². The number of fused-ring (bicyclic) bond motifs is 9. The summed E-state index contributed by atoms with van der Waals surface area (Å²) >= 11 is 1.88. The lowest BCUT2D eigenvalue weighted by molar-refractivity contribution is 1.07. The molecule has 5 heteroatoms. The molecule has 0 saturated heterocycles. The van der Waals surface area contributed by atoms with Crippen molar-refractivity contribution in [3.63, 3.8) is 0 Å². The minimum atomic E-state index is 0.640. The molecule has 0 N–H and O–H groups in total. The number of hydrogen-bond donors (Lipinski definition) is 0. The van der Waals surface area contributed by atoms with Gasteiger partial charge in [0.05, 0.1) is 11.0 Å². The quantitative estimate of drug-likeness (QED) is 0.179. The molecule has 0 saturated carbocycles. The summed E-state index contributed by atoms with van der Waals surface area (Å²) in [6.45, 7) is 0. The molecule has 4 nitrogen and oxygen atoms in total. The van der Waals surface area contributed by atoms with Crippen LogP contribution in [0.1, 0.15) is 0 Å². The summed E-state index contributed by atoms with van der Waals surface area (Å²) in [4.78, 5) is 14.9. The molecular formula is C49H30N4S. The second-order valence-corrected chi connectivity index (χ2v) is 14.6. The molecule has 0 radical (unpaired) electrons. The monoisotopic (exact) mass is 706 g/mol. The van der Waals surface area contributed by atoms with Crippen LogP contribution in [0, 0.1) is 0 Å². The average molecular weight is 707 g/mol. The zero-order chi connectivity index (χ0) is 35.6. The highest BCUT2D eigenvalue weighted by molar-refractivity contribution is 7.26. The molecule has 0 aliphatic rings. The third kappa shape index (κ3) is 4.86. The van der Waals surface area contributed by atoms with Gasteiger partial charge in [0.1, 0.15) is 0 Å². The third-order valence-corrected chi connectivity index (χ3v) is 11.6. The highest BCUT2D eigenvalue weighted by Crippen LogP contribution is 2.48. The van der Waals surface area contributed by atoms with Crippen LogP contribution in [0.5, 0.6) is 0 Å². The van der Waals surface area contributed by atoms with Crippen molar-refractivity contribution in [2.75, 3.05) is 0 Å². The molecule has 11 aromatic rings. The average Bonchev–Trinajstić information content (AvgIpc) is 3.80. The summed E-state index contributed by atoms with van der Waals surface area (Å²) in [6, 6.07) is 64.4. The number of aromatic nitrogens is 4. The maximum absolute atomic E-state index is 5.00. The molecule has 0 atom stereocenters. The summed E-state index contributed by atoms with van der Waals surface area (Å²) in [5, 5.41) is 7.55. The van der Waals surface area contributed by atoms with Crippen molar-refractivity contribution in [2.45, 2.75) is 0 Å². The van der Waals surface area contributed by atoms with E-state index in [9.17, 15) is 0 Å². The Balaban J connectivity index is 1.18. The van der Waals surface area contributed by atoms with Crippen LogP contribution in [0.4, 0.5) is 0 Å². The van der Waals surface area contributed by atoms with Crippen molar-refractivity contribution in [1.82, 2.24) is 19.5 Å². The highest BCUT2D eigenvalue weighted by Gasteiger charge is 2.23. The number of rotatable bonds is 5. The fraction of sp³-hybridized carbons (Fsp3) is 0. The van der Waals surface area contributed by atoms with Gasteiger partial charge < -0.3 is 4.57 Å². The van der Waals surface area contributed by atoms with E-state index in [1.54, 1.807) is 0 Å². The molecule has 0 bridgehead atoms. The first-order valence-electron chi connectivity index (χ1n) is 18.1. The zero-order valence-electron chi connectivity index (χ0n) is 29.0. The van der Waals surface area contributed by atoms with Crippen molar-refractivity contribution < 1.29 is 0 Å². The lowest BCUT2D eigenvalue weighted by Crippen LogP contribution is -2.00. The van der Waals surface area contributed by atoms with Crippen molar-refractivity contribution >= 4 is 64.1 Å². The van der Waals surface area contributed by atoms with Gasteiger partial charge in [-0.1, -0.05) is 140 Å². The lowest BCUT2D eigenvalue weighted by Gasteiger charge is -2.12. The molecule has 54 heavy (non-hydrogen) atoms. The molecule has 11 rings (SSSR count). The van der Waals surface area contributed by atoms with E-state index in [4.69, 9.17) is 15.0 Å². The van der Waals surface area contributed by atoms with E-state index in [1.165, 1.54) is 63.9 Å². The van der Waals surface area contributed by atoms with Gasteiger partial charge in [-0.3, -0.25) is 0 Å². The van der Waals surface area contributed by atoms with E-state index in [1.807, 2.05) is 72.0 Å². The van der Waals surface area contributed by atoms with E-state index in [0.29, 0.717) is 17.5 Å². The minimum Gasteiger partial charge on any atom is -0.309 e. The molecule has 0 amide bonds. The first-order chi connectivity index (χ1) is 26.8. The molecule has 3 heterocycles. The van der Waals surface area contributed by atoms with E-state index < -0.39 is 0 Å². The maximum Gasteiger partial charge on any atom is 0.164 e. The van der Waals surface area contributed by atoms with Gasteiger partial charge in [-0.15, -0.1) is 11.3 Å². The predicted molar refractivity (Wildman–Crippen MR) is 226 cm³/mol. The standard InChI is InChI=1S/C49H30N4S/c1-4-14-31(15-5-1)39-30-40-43-37-21-11-10-16-32(37)26-29-41(43)53(45(40)44-38-22-12-13-23-42(38)54-46(39)44)36-27-24-35(25-28-36)49-51-47(33-17-6-2-7-18-33)50-48(52-49)34-19-8-3-9-20-34/h1-30H. The van der Waals surface area contributed by atoms with Crippen LogP contribution in [-0.4, -0.2) is 19.5 Å². The summed E-state index contributed by atoms with van der Waals surface area (Å²) in [5.41, 5.74) is 8.81. The van der Waals surface area contributed by atoms with E-state index >= 15 is 0 Å². The van der Waals surface area contributed by atoms with Crippen LogP contribution in [0.2, 0.25) is 0 Å². The van der Waals surface area contributed by atoms with Gasteiger partial charge in [-0.25, -0.2) is 15.0 Å². The van der Waals surface area contributed by atoms with Gasteiger partial charge in [0.2, 0.25) is 0 Å². The fourth-order valence-electron chi connectivity index (χ4n) is 7.95. The van der Waals surface area contributed by atoms with Crippen LogP contribution in [0.25, 0.3) is 104 Å². The SMILES string of the molecule is c1ccc(-c2nc(-c3ccccc3)nc(-c3ccc(-n4c5ccc6ccccc6c5c5cc(-c6ccccc6)c6sc7ccccc7c6c54)cc3)n2)cc1. The van der Waals surface area contributed by atoms with Gasteiger partial charge in [0, 0.05) is 58.9 Å². The molecule has 252 valence electrons. The van der Waals surface area contributed by atoms with Gasteiger partial charge in [-0.2, -0.15) is 0 Å². The van der Waals surface area contributed by atoms with Crippen LogP contribution < -0.4 is 0 Å². The molecule has 3 aromatic heterocycles. The van der Waals surface area contributed by atoms with Gasteiger partial charge in [0.15, 0.2) is 17.5 Å². The second kappa shape index (κ2) is 12.3. The van der Waals surface area contributed by atoms with Gasteiger partial charge in [-0.05, 0) is 58.8 Å². The molecule has 0 fully saturated rings. The van der Waals surface area contributed by atoms with Crippen LogP contribution in [0.3, 0.4) is 0 Å². The normalized spacial score (nSPS) is 11.7. The number of hydrogen-bond acceptors (Lipinski definition) is 4. The predicted octanol–water partition coefficient (Wildman–Crippen LogP) is 13.2. The largest absolute Gasteiger partial charge is 0.309 e. The topological polar surface area (TPSA) is 43.6 Å². The Morgan fingerprint density at radius 3 is 1.59 bits per heavy atom. The van der Waals surface area contributed by atoms with Crippen molar-refractivity contribution in [2.24, 2.45) is 0 Å². The Bertz CT molecular complexity index is 3130. The summed E-state index contributed by atoms with van der Waals surface area (Å²) in [7, 11) is 0. The number of nitrogens with zero attached hydrogens (tertiary/aromatic N) is 4. The summed E-state index contributed by atoms with van der Waals surface area (Å²) < 4.78 is 5.05. The fourth-order valence-corrected chi connectivity index (χ4v) is 9.20. The van der Waals surface area contributed by atoms with Crippen molar-refractivity contribution in [3.05, 3.63) is 182 Å². The highest BCUT2D eigenvalue weighted by atomic mass is 32.1. The smallest absolute Gasteiger partial charge is 0.164 e. The zero-order valence-corrected chi connectivity index (χ0v) is 29.8. The molecule has 0 aliphatic carbocycles. The first-order valence-corrected chi connectivity index (χ1v) is 18.9. The Hall–Kier alpha value is -6.95. The van der Waals surface area contributed by atoms with Gasteiger partial charge >= 0.3 is 0 Å². The minimum absolute atomic E-state index is 0.640. The Kier molecular flexibility index (Phi) is 7.00. The molecular weight excluding hydrogens is 677 g/mol. The Morgan fingerprint density at radius 1 is 0.407 bits per heavy atom. The van der Waals surface area contributed by atoms with Crippen molar-refractivity contribution in [1.29, 1.82) is 0 Å². The Labute approximate surface area is 315 Å². The van der Waals surface area contributed by atoms with Crippen LogP contribution in [0.15, 0.2) is 182 Å². The van der Waals surface area contributed by atoms with Crippen LogP contribution in [-0.2, 0) is 0 Å². The summed E-state index contributed by atoms with van der Waals surface area (Å²) in [6.07, 6.45) is 0. The molecule has 0 unspecified atom stereocenters. The molecule has 0 spiro atoms. The van der Waals surface area contributed by atoms with E-state index in [2.05, 4.69) is 126 Å². The van der Waals surface area contributed by atoms with Crippen molar-refractivity contribution in [3.8, 4) is 51.0 Å². The van der Waals surface area contributed by atoms with E-state index in [0.717, 1.165) is 22.4 Å².